The van der Waals surface area contributed by atoms with Crippen LogP contribution in [0.5, 0.6) is 0 Å². The van der Waals surface area contributed by atoms with E-state index in [9.17, 15) is 9.59 Å². The molecule has 10 heavy (non-hydrogen) atoms. The van der Waals surface area contributed by atoms with Gasteiger partial charge in [0.15, 0.2) is 5.78 Å². The summed E-state index contributed by atoms with van der Waals surface area (Å²) in [6.07, 6.45) is 5.91. The van der Waals surface area contributed by atoms with E-state index >= 15 is 0 Å². The van der Waals surface area contributed by atoms with Crippen LogP contribution in [0, 0.1) is 0 Å². The Labute approximate surface area is 60.2 Å². The van der Waals surface area contributed by atoms with Crippen molar-refractivity contribution in [3.05, 3.63) is 23.8 Å². The van der Waals surface area contributed by atoms with Crippen molar-refractivity contribution in [1.29, 1.82) is 0 Å². The molecule has 0 fully saturated rings. The van der Waals surface area contributed by atoms with Crippen LogP contribution in [-0.4, -0.2) is 12.1 Å². The molecule has 0 aromatic rings. The second-order valence-corrected chi connectivity index (χ2v) is 1.67. The second-order valence-electron chi connectivity index (χ2n) is 1.67. The fourth-order valence-electron chi connectivity index (χ4n) is 0.493. The van der Waals surface area contributed by atoms with Crippen LogP contribution < -0.4 is 0 Å². The van der Waals surface area contributed by atoms with E-state index in [-0.39, 0.29) is 11.4 Å². The lowest BCUT2D eigenvalue weighted by Crippen LogP contribution is -1.98. The van der Waals surface area contributed by atoms with Crippen LogP contribution in [0.1, 0.15) is 13.8 Å². The fourth-order valence-corrected chi connectivity index (χ4v) is 0.493. The van der Waals surface area contributed by atoms with Crippen LogP contribution in [0.15, 0.2) is 23.8 Å². The quantitative estimate of drug-likeness (QED) is 0.332. The third kappa shape index (κ3) is 2.40. The van der Waals surface area contributed by atoms with Crippen molar-refractivity contribution in [2.75, 3.05) is 0 Å². The standard InChI is InChI=1S/C8H9O2/c1-3-5-8(10)7(4-2)6-9/h3-5H,1-2H3/b5-3+,7-4?. The average Bonchev–Trinajstić information content (AvgIpc) is 1.91. The molecule has 0 spiro atoms. The molecule has 0 aliphatic heterocycles. The first-order valence-corrected chi connectivity index (χ1v) is 2.97. The third-order valence-corrected chi connectivity index (χ3v) is 0.982. The Morgan fingerprint density at radius 1 is 1.40 bits per heavy atom. The topological polar surface area (TPSA) is 34.1 Å². The fraction of sp³-hybridized carbons (Fsp3) is 0.250. The van der Waals surface area contributed by atoms with Gasteiger partial charge in [0.2, 0.25) is 6.29 Å². The third-order valence-electron chi connectivity index (χ3n) is 0.982. The molecular weight excluding hydrogens is 128 g/mol. The molecule has 0 aromatic heterocycles. The summed E-state index contributed by atoms with van der Waals surface area (Å²) in [5, 5.41) is 0. The van der Waals surface area contributed by atoms with Crippen LogP contribution in [0.3, 0.4) is 0 Å². The Morgan fingerprint density at radius 2 is 2.00 bits per heavy atom. The highest BCUT2D eigenvalue weighted by atomic mass is 16.1. The number of hydrogen-bond donors (Lipinski definition) is 0. The molecule has 0 aliphatic carbocycles. The largest absolute Gasteiger partial charge is 0.289 e. The van der Waals surface area contributed by atoms with Crippen LogP contribution in [-0.2, 0) is 9.59 Å². The van der Waals surface area contributed by atoms with Crippen LogP contribution >= 0.6 is 0 Å². The maximum Gasteiger partial charge on any atom is 0.237 e. The Kier molecular flexibility index (Phi) is 4.12. The van der Waals surface area contributed by atoms with E-state index in [1.807, 2.05) is 0 Å². The van der Waals surface area contributed by atoms with Gasteiger partial charge in [0.25, 0.3) is 0 Å². The SMILES string of the molecule is CC=C([C]=O)C(=O)/C=C/C. The molecule has 0 bridgehead atoms. The van der Waals surface area contributed by atoms with E-state index in [1.54, 1.807) is 26.2 Å². The Bertz CT molecular complexity index is 187. The summed E-state index contributed by atoms with van der Waals surface area (Å²) in [5.74, 6) is -0.292. The lowest BCUT2D eigenvalue weighted by atomic mass is 10.2. The number of hydrogen-bond acceptors (Lipinski definition) is 2. The molecule has 1 radical (unpaired) electrons. The predicted molar refractivity (Wildman–Crippen MR) is 39.3 cm³/mol. The smallest absolute Gasteiger partial charge is 0.237 e. The molecule has 0 saturated heterocycles. The lowest BCUT2D eigenvalue weighted by molar-refractivity contribution is -0.110. The zero-order valence-corrected chi connectivity index (χ0v) is 6.05. The van der Waals surface area contributed by atoms with Crippen molar-refractivity contribution < 1.29 is 9.59 Å². The van der Waals surface area contributed by atoms with Gasteiger partial charge < -0.3 is 0 Å². The number of carbonyl (C=O) groups is 1. The van der Waals surface area contributed by atoms with E-state index < -0.39 is 0 Å². The summed E-state index contributed by atoms with van der Waals surface area (Å²) in [4.78, 5) is 20.8. The van der Waals surface area contributed by atoms with Gasteiger partial charge in [0, 0.05) is 0 Å². The van der Waals surface area contributed by atoms with E-state index in [2.05, 4.69) is 0 Å². The maximum absolute atomic E-state index is 10.8. The highest BCUT2D eigenvalue weighted by Crippen LogP contribution is 1.92. The van der Waals surface area contributed by atoms with Crippen molar-refractivity contribution in [2.24, 2.45) is 0 Å². The summed E-state index contributed by atoms with van der Waals surface area (Å²) in [5.41, 5.74) is 0.0816. The first-order valence-electron chi connectivity index (χ1n) is 2.97. The van der Waals surface area contributed by atoms with Crippen LogP contribution in [0.2, 0.25) is 0 Å². The molecule has 0 aliphatic rings. The normalized spacial score (nSPS) is 12.0. The van der Waals surface area contributed by atoms with Crippen molar-refractivity contribution in [3.63, 3.8) is 0 Å². The number of allylic oxidation sites excluding steroid dienone is 4. The van der Waals surface area contributed by atoms with Gasteiger partial charge in [-0.15, -0.1) is 0 Å². The average molecular weight is 137 g/mol. The number of ketones is 1. The van der Waals surface area contributed by atoms with Crippen molar-refractivity contribution >= 4 is 12.1 Å². The zero-order chi connectivity index (χ0) is 7.98. The van der Waals surface area contributed by atoms with Gasteiger partial charge in [-0.2, -0.15) is 0 Å². The summed E-state index contributed by atoms with van der Waals surface area (Å²) in [6.45, 7) is 3.34. The van der Waals surface area contributed by atoms with E-state index in [0.717, 1.165) is 0 Å². The van der Waals surface area contributed by atoms with Gasteiger partial charge in [0.1, 0.15) is 0 Å². The van der Waals surface area contributed by atoms with Gasteiger partial charge in [-0.25, -0.2) is 0 Å². The molecule has 0 atom stereocenters. The minimum Gasteiger partial charge on any atom is -0.289 e. The molecule has 0 N–H and O–H groups in total. The summed E-state index contributed by atoms with van der Waals surface area (Å²) >= 11 is 0. The first-order chi connectivity index (χ1) is 4.76. The van der Waals surface area contributed by atoms with Crippen LogP contribution in [0.4, 0.5) is 0 Å². The molecule has 2 heteroatoms. The van der Waals surface area contributed by atoms with Gasteiger partial charge in [-0.1, -0.05) is 12.2 Å². The van der Waals surface area contributed by atoms with E-state index in [0.29, 0.717) is 0 Å². The van der Waals surface area contributed by atoms with Gasteiger partial charge in [-0.05, 0) is 19.9 Å². The first kappa shape index (κ1) is 8.82. The monoisotopic (exact) mass is 137 g/mol. The molecule has 0 unspecified atom stereocenters. The van der Waals surface area contributed by atoms with Crippen LogP contribution in [0.25, 0.3) is 0 Å². The summed E-state index contributed by atoms with van der Waals surface area (Å²) in [6, 6.07) is 0. The maximum atomic E-state index is 10.8. The number of carbonyl (C=O) groups excluding carboxylic acids is 2. The zero-order valence-electron chi connectivity index (χ0n) is 6.05. The van der Waals surface area contributed by atoms with Gasteiger partial charge in [-0.3, -0.25) is 9.59 Å². The molecule has 0 heterocycles. The molecule has 53 valence electrons. The minimum atomic E-state index is -0.292. The van der Waals surface area contributed by atoms with E-state index in [1.165, 1.54) is 12.2 Å². The molecular formula is C8H9O2. The molecule has 0 amide bonds. The van der Waals surface area contributed by atoms with Crippen molar-refractivity contribution in [2.45, 2.75) is 13.8 Å². The summed E-state index contributed by atoms with van der Waals surface area (Å²) in [7, 11) is 0. The minimum absolute atomic E-state index is 0.0816. The Morgan fingerprint density at radius 3 is 2.30 bits per heavy atom. The van der Waals surface area contributed by atoms with E-state index in [4.69, 9.17) is 0 Å². The Balaban J connectivity index is 4.32. The second kappa shape index (κ2) is 4.68. The Hall–Kier alpha value is -1.18. The summed E-state index contributed by atoms with van der Waals surface area (Å²) < 4.78 is 0. The van der Waals surface area contributed by atoms with Gasteiger partial charge in [0.05, 0.1) is 5.57 Å². The highest BCUT2D eigenvalue weighted by molar-refractivity contribution is 6.17. The predicted octanol–water partition coefficient (Wildman–Crippen LogP) is 1.19. The van der Waals surface area contributed by atoms with Gasteiger partial charge >= 0.3 is 0 Å². The number of rotatable bonds is 3. The van der Waals surface area contributed by atoms with Crippen molar-refractivity contribution in [3.8, 4) is 0 Å². The van der Waals surface area contributed by atoms with Crippen molar-refractivity contribution in [1.82, 2.24) is 0 Å². The highest BCUT2D eigenvalue weighted by Gasteiger charge is 2.01. The molecule has 2 nitrogen and oxygen atoms in total. The molecule has 0 saturated carbocycles. The molecule has 0 aromatic carbocycles. The lowest BCUT2D eigenvalue weighted by Gasteiger charge is -1.86. The molecule has 0 rings (SSSR count).